The van der Waals surface area contributed by atoms with Gasteiger partial charge < -0.3 is 19.5 Å². The van der Waals surface area contributed by atoms with Crippen LogP contribution in [0.5, 0.6) is 11.5 Å². The van der Waals surface area contributed by atoms with Crippen LogP contribution in [0.1, 0.15) is 43.1 Å². The van der Waals surface area contributed by atoms with E-state index < -0.39 is 17.9 Å². The number of nitrogens with zero attached hydrogens (tertiary/aromatic N) is 1. The van der Waals surface area contributed by atoms with Gasteiger partial charge in [-0.2, -0.15) is 5.10 Å². The van der Waals surface area contributed by atoms with Gasteiger partial charge in [0.05, 0.1) is 19.9 Å². The van der Waals surface area contributed by atoms with Crippen LogP contribution in [0.15, 0.2) is 47.6 Å². The number of benzene rings is 2. The molecule has 0 aliphatic carbocycles. The Bertz CT molecular complexity index is 1040. The monoisotopic (exact) mass is 503 g/mol. The molecule has 1 unspecified atom stereocenters. The van der Waals surface area contributed by atoms with Crippen molar-refractivity contribution >= 4 is 35.6 Å². The molecule has 0 aromatic heterocycles. The molecule has 0 heterocycles. The number of carbonyl (C=O) groups excluding carboxylic acids is 3. The van der Waals surface area contributed by atoms with Crippen LogP contribution in [-0.2, 0) is 14.3 Å². The maximum Gasteiger partial charge on any atom is 0.344 e. The zero-order valence-corrected chi connectivity index (χ0v) is 20.9. The lowest BCUT2D eigenvalue weighted by Gasteiger charge is -2.19. The molecule has 188 valence electrons. The average molecular weight is 504 g/mol. The Balaban J connectivity index is 2.02. The van der Waals surface area contributed by atoms with Gasteiger partial charge in [0.15, 0.2) is 18.1 Å². The third-order valence-electron chi connectivity index (χ3n) is 4.66. The molecular weight excluding hydrogens is 474 g/mol. The van der Waals surface area contributed by atoms with Gasteiger partial charge in [-0.3, -0.25) is 9.59 Å². The van der Waals surface area contributed by atoms with Crippen LogP contribution in [-0.4, -0.2) is 50.4 Å². The van der Waals surface area contributed by atoms with Crippen molar-refractivity contribution in [3.63, 3.8) is 0 Å². The second-order valence-electron chi connectivity index (χ2n) is 7.90. The smallest absolute Gasteiger partial charge is 0.344 e. The summed E-state index contributed by atoms with van der Waals surface area (Å²) in [6, 6.07) is 10.6. The second kappa shape index (κ2) is 14.0. The van der Waals surface area contributed by atoms with Gasteiger partial charge in [0.25, 0.3) is 11.8 Å². The maximum absolute atomic E-state index is 12.7. The van der Waals surface area contributed by atoms with Crippen molar-refractivity contribution in [1.82, 2.24) is 10.7 Å². The van der Waals surface area contributed by atoms with Gasteiger partial charge in [-0.05, 0) is 67.3 Å². The van der Waals surface area contributed by atoms with Crippen LogP contribution >= 0.6 is 11.6 Å². The molecule has 0 spiro atoms. The number of rotatable bonds is 12. The standard InChI is InChI=1S/C25H30ClN3O6/c1-5-34-23(30)15-35-21-11-6-17(13-22(21)33-4)14-27-29-25(32)20(12-16(2)3)28-24(31)18-7-9-19(26)10-8-18/h6-11,13-14,16,20H,5,12,15H2,1-4H3,(H,28,31)(H,29,32). The van der Waals surface area contributed by atoms with Crippen molar-refractivity contribution in [1.29, 1.82) is 0 Å². The molecule has 2 aromatic carbocycles. The molecule has 10 heteroatoms. The van der Waals surface area contributed by atoms with E-state index in [4.69, 9.17) is 25.8 Å². The number of methoxy groups -OCH3 is 1. The third kappa shape index (κ3) is 9.29. The molecule has 2 rings (SSSR count). The average Bonchev–Trinajstić information content (AvgIpc) is 2.82. The van der Waals surface area contributed by atoms with Crippen LogP contribution in [0.25, 0.3) is 0 Å². The molecule has 0 aliphatic rings. The summed E-state index contributed by atoms with van der Waals surface area (Å²) in [7, 11) is 1.47. The molecule has 35 heavy (non-hydrogen) atoms. The normalized spacial score (nSPS) is 11.7. The number of nitrogens with one attached hydrogen (secondary N) is 2. The lowest BCUT2D eigenvalue weighted by molar-refractivity contribution is -0.145. The van der Waals surface area contributed by atoms with E-state index in [1.165, 1.54) is 13.3 Å². The molecule has 1 atom stereocenters. The number of carbonyl (C=O) groups is 3. The van der Waals surface area contributed by atoms with Gasteiger partial charge >= 0.3 is 5.97 Å². The number of esters is 1. The highest BCUT2D eigenvalue weighted by molar-refractivity contribution is 6.30. The number of halogens is 1. The van der Waals surface area contributed by atoms with Crippen LogP contribution in [0.4, 0.5) is 0 Å². The minimum absolute atomic E-state index is 0.159. The van der Waals surface area contributed by atoms with Crippen LogP contribution < -0.4 is 20.2 Å². The highest BCUT2D eigenvalue weighted by Crippen LogP contribution is 2.27. The summed E-state index contributed by atoms with van der Waals surface area (Å²) in [5, 5.41) is 7.27. The molecular formula is C25H30ClN3O6. The van der Waals surface area contributed by atoms with Gasteiger partial charge in [-0.1, -0.05) is 25.4 Å². The van der Waals surface area contributed by atoms with Gasteiger partial charge in [0.1, 0.15) is 6.04 Å². The quantitative estimate of drug-likeness (QED) is 0.260. The summed E-state index contributed by atoms with van der Waals surface area (Å²) >= 11 is 5.87. The fourth-order valence-electron chi connectivity index (χ4n) is 3.02. The zero-order chi connectivity index (χ0) is 25.8. The van der Waals surface area contributed by atoms with E-state index in [1.807, 2.05) is 13.8 Å². The maximum atomic E-state index is 12.7. The summed E-state index contributed by atoms with van der Waals surface area (Å²) in [6.45, 7) is 5.64. The summed E-state index contributed by atoms with van der Waals surface area (Å²) < 4.78 is 15.6. The van der Waals surface area contributed by atoms with Crippen molar-refractivity contribution in [3.8, 4) is 11.5 Å². The minimum Gasteiger partial charge on any atom is -0.493 e. The van der Waals surface area contributed by atoms with Crippen molar-refractivity contribution in [3.05, 3.63) is 58.6 Å². The van der Waals surface area contributed by atoms with Crippen molar-refractivity contribution in [2.24, 2.45) is 11.0 Å². The first kappa shape index (κ1) is 27.7. The largest absolute Gasteiger partial charge is 0.493 e. The van der Waals surface area contributed by atoms with E-state index in [-0.39, 0.29) is 25.0 Å². The van der Waals surface area contributed by atoms with Crippen LogP contribution in [0.2, 0.25) is 5.02 Å². The minimum atomic E-state index is -0.775. The predicted octanol–water partition coefficient (Wildman–Crippen LogP) is 3.59. The number of hydrogen-bond acceptors (Lipinski definition) is 7. The van der Waals surface area contributed by atoms with Crippen molar-refractivity contribution in [2.45, 2.75) is 33.2 Å². The number of hydrogen-bond donors (Lipinski definition) is 2. The Hall–Kier alpha value is -3.59. The van der Waals surface area contributed by atoms with E-state index in [9.17, 15) is 14.4 Å². The SMILES string of the molecule is CCOC(=O)COc1ccc(C=NNC(=O)C(CC(C)C)NC(=O)c2ccc(Cl)cc2)cc1OC. The van der Waals surface area contributed by atoms with E-state index in [2.05, 4.69) is 15.8 Å². The van der Waals surface area contributed by atoms with E-state index in [0.29, 0.717) is 34.1 Å². The van der Waals surface area contributed by atoms with E-state index in [1.54, 1.807) is 49.4 Å². The molecule has 0 radical (unpaired) electrons. The molecule has 0 fully saturated rings. The van der Waals surface area contributed by atoms with Crippen LogP contribution in [0.3, 0.4) is 0 Å². The molecule has 0 aliphatic heterocycles. The van der Waals surface area contributed by atoms with Gasteiger partial charge in [0, 0.05) is 10.6 Å². The van der Waals surface area contributed by atoms with E-state index >= 15 is 0 Å². The first-order chi connectivity index (χ1) is 16.7. The molecule has 0 bridgehead atoms. The molecule has 2 N–H and O–H groups in total. The van der Waals surface area contributed by atoms with Crippen LogP contribution in [0, 0.1) is 5.92 Å². The summed E-state index contributed by atoms with van der Waals surface area (Å²) in [5.74, 6) is -0.400. The van der Waals surface area contributed by atoms with Crippen molar-refractivity contribution < 1.29 is 28.6 Å². The Labute approximate surface area is 209 Å². The van der Waals surface area contributed by atoms with Gasteiger partial charge in [-0.15, -0.1) is 0 Å². The molecule has 0 saturated heterocycles. The topological polar surface area (TPSA) is 115 Å². The number of hydrazone groups is 1. The fraction of sp³-hybridized carbons (Fsp3) is 0.360. The second-order valence-corrected chi connectivity index (χ2v) is 8.34. The molecule has 0 saturated carbocycles. The summed E-state index contributed by atoms with van der Waals surface area (Å²) in [6.07, 6.45) is 1.87. The summed E-state index contributed by atoms with van der Waals surface area (Å²) in [5.41, 5.74) is 3.49. The molecule has 9 nitrogen and oxygen atoms in total. The number of ether oxygens (including phenoxy) is 3. The molecule has 2 amide bonds. The lowest BCUT2D eigenvalue weighted by Crippen LogP contribution is -2.46. The zero-order valence-electron chi connectivity index (χ0n) is 20.2. The first-order valence-corrected chi connectivity index (χ1v) is 11.5. The first-order valence-electron chi connectivity index (χ1n) is 11.1. The Morgan fingerprint density at radius 2 is 1.80 bits per heavy atom. The van der Waals surface area contributed by atoms with Gasteiger partial charge in [0.2, 0.25) is 0 Å². The Kier molecular flexibility index (Phi) is 11.0. The Morgan fingerprint density at radius 3 is 2.43 bits per heavy atom. The summed E-state index contributed by atoms with van der Waals surface area (Å²) in [4.78, 5) is 36.8. The fourth-order valence-corrected chi connectivity index (χ4v) is 3.14. The predicted molar refractivity (Wildman–Crippen MR) is 133 cm³/mol. The van der Waals surface area contributed by atoms with Crippen molar-refractivity contribution in [2.75, 3.05) is 20.3 Å². The van der Waals surface area contributed by atoms with E-state index in [0.717, 1.165) is 0 Å². The Morgan fingerprint density at radius 1 is 1.09 bits per heavy atom. The lowest BCUT2D eigenvalue weighted by atomic mass is 10.0. The highest BCUT2D eigenvalue weighted by Gasteiger charge is 2.22. The molecule has 2 aromatic rings. The highest BCUT2D eigenvalue weighted by atomic mass is 35.5. The van der Waals surface area contributed by atoms with Gasteiger partial charge in [-0.25, -0.2) is 10.2 Å². The number of amides is 2. The third-order valence-corrected chi connectivity index (χ3v) is 4.91.